The molecular formula is C15H12N2S. The molecular weight excluding hydrogens is 240 g/mol. The summed E-state index contributed by atoms with van der Waals surface area (Å²) in [6.07, 6.45) is 4.50. The molecule has 1 fully saturated rings. The molecule has 0 spiro atoms. The summed E-state index contributed by atoms with van der Waals surface area (Å²) in [5.74, 6) is 1.65. The highest BCUT2D eigenvalue weighted by Gasteiger charge is 2.26. The van der Waals surface area contributed by atoms with Gasteiger partial charge in [-0.1, -0.05) is 30.3 Å². The molecule has 0 saturated heterocycles. The van der Waals surface area contributed by atoms with Crippen LogP contribution < -0.4 is 0 Å². The molecule has 1 aliphatic carbocycles. The Kier molecular flexibility index (Phi) is 2.20. The molecule has 0 radical (unpaired) electrons. The SMILES string of the molecule is c1ccc(-c2csc3nc(C4CC4)ncc23)cc1. The smallest absolute Gasteiger partial charge is 0.133 e. The number of aromatic nitrogens is 2. The number of fused-ring (bicyclic) bond motifs is 1. The highest BCUT2D eigenvalue weighted by atomic mass is 32.1. The summed E-state index contributed by atoms with van der Waals surface area (Å²) >= 11 is 1.72. The Morgan fingerprint density at radius 2 is 1.94 bits per heavy atom. The Balaban J connectivity index is 1.87. The third-order valence-electron chi connectivity index (χ3n) is 3.38. The van der Waals surface area contributed by atoms with Gasteiger partial charge in [0.2, 0.25) is 0 Å². The molecule has 2 nitrogen and oxygen atoms in total. The summed E-state index contributed by atoms with van der Waals surface area (Å²) < 4.78 is 0. The van der Waals surface area contributed by atoms with E-state index in [0.717, 1.165) is 10.7 Å². The van der Waals surface area contributed by atoms with Crippen LogP contribution in [0, 0.1) is 0 Å². The minimum absolute atomic E-state index is 0.622. The van der Waals surface area contributed by atoms with Gasteiger partial charge >= 0.3 is 0 Å². The van der Waals surface area contributed by atoms with Crippen LogP contribution in [-0.2, 0) is 0 Å². The second kappa shape index (κ2) is 3.89. The molecule has 2 heterocycles. The molecule has 3 aromatic rings. The molecule has 0 aliphatic heterocycles. The Morgan fingerprint density at radius 3 is 2.72 bits per heavy atom. The lowest BCUT2D eigenvalue weighted by Crippen LogP contribution is -1.90. The van der Waals surface area contributed by atoms with Crippen LogP contribution in [0.2, 0.25) is 0 Å². The molecule has 0 bridgehead atoms. The van der Waals surface area contributed by atoms with Gasteiger partial charge < -0.3 is 0 Å². The molecule has 4 rings (SSSR count). The average Bonchev–Trinajstić information content (AvgIpc) is 3.19. The number of thiophene rings is 1. The van der Waals surface area contributed by atoms with Crippen molar-refractivity contribution in [2.24, 2.45) is 0 Å². The van der Waals surface area contributed by atoms with Gasteiger partial charge in [0, 0.05) is 28.4 Å². The van der Waals surface area contributed by atoms with E-state index in [9.17, 15) is 0 Å². The Bertz CT molecular complexity index is 699. The van der Waals surface area contributed by atoms with E-state index < -0.39 is 0 Å². The lowest BCUT2D eigenvalue weighted by molar-refractivity contribution is 0.951. The van der Waals surface area contributed by atoms with Crippen molar-refractivity contribution in [3.63, 3.8) is 0 Å². The van der Waals surface area contributed by atoms with E-state index in [4.69, 9.17) is 4.98 Å². The molecule has 1 aromatic carbocycles. The quantitative estimate of drug-likeness (QED) is 0.682. The summed E-state index contributed by atoms with van der Waals surface area (Å²) in [6.45, 7) is 0. The highest BCUT2D eigenvalue weighted by Crippen LogP contribution is 2.40. The van der Waals surface area contributed by atoms with Crippen molar-refractivity contribution >= 4 is 21.6 Å². The predicted molar refractivity (Wildman–Crippen MR) is 74.8 cm³/mol. The van der Waals surface area contributed by atoms with Crippen LogP contribution in [0.3, 0.4) is 0 Å². The zero-order valence-corrected chi connectivity index (χ0v) is 10.7. The van der Waals surface area contributed by atoms with Gasteiger partial charge in [0.25, 0.3) is 0 Å². The minimum atomic E-state index is 0.622. The lowest BCUT2D eigenvalue weighted by atomic mass is 10.1. The van der Waals surface area contributed by atoms with Crippen LogP contribution in [0.15, 0.2) is 41.9 Å². The van der Waals surface area contributed by atoms with Gasteiger partial charge in [0.05, 0.1) is 0 Å². The van der Waals surface area contributed by atoms with E-state index in [1.54, 1.807) is 11.3 Å². The molecule has 18 heavy (non-hydrogen) atoms. The Morgan fingerprint density at radius 1 is 1.11 bits per heavy atom. The molecule has 2 aromatic heterocycles. The summed E-state index contributed by atoms with van der Waals surface area (Å²) in [5.41, 5.74) is 2.49. The van der Waals surface area contributed by atoms with Crippen LogP contribution in [0.4, 0.5) is 0 Å². The second-order valence-electron chi connectivity index (χ2n) is 4.74. The van der Waals surface area contributed by atoms with E-state index in [1.165, 1.54) is 29.4 Å². The maximum atomic E-state index is 4.69. The molecule has 1 aliphatic rings. The maximum Gasteiger partial charge on any atom is 0.133 e. The summed E-state index contributed by atoms with van der Waals surface area (Å²) in [4.78, 5) is 10.3. The normalized spacial score (nSPS) is 15.1. The first-order valence-electron chi connectivity index (χ1n) is 6.21. The van der Waals surface area contributed by atoms with Crippen LogP contribution in [0.25, 0.3) is 21.3 Å². The van der Waals surface area contributed by atoms with Gasteiger partial charge in [-0.3, -0.25) is 0 Å². The van der Waals surface area contributed by atoms with Crippen LogP contribution in [0.1, 0.15) is 24.6 Å². The van der Waals surface area contributed by atoms with E-state index in [1.807, 2.05) is 12.3 Å². The largest absolute Gasteiger partial charge is 0.240 e. The minimum Gasteiger partial charge on any atom is -0.240 e. The first kappa shape index (κ1) is 10.2. The van der Waals surface area contributed by atoms with Crippen LogP contribution in [-0.4, -0.2) is 9.97 Å². The van der Waals surface area contributed by atoms with Gasteiger partial charge in [-0.25, -0.2) is 9.97 Å². The fraction of sp³-hybridized carbons (Fsp3) is 0.200. The fourth-order valence-electron chi connectivity index (χ4n) is 2.21. The lowest BCUT2D eigenvalue weighted by Gasteiger charge is -2.00. The monoisotopic (exact) mass is 252 g/mol. The molecule has 88 valence electrons. The second-order valence-corrected chi connectivity index (χ2v) is 5.59. The Hall–Kier alpha value is -1.74. The number of benzene rings is 1. The maximum absolute atomic E-state index is 4.69. The number of hydrogen-bond acceptors (Lipinski definition) is 3. The third-order valence-corrected chi connectivity index (χ3v) is 4.27. The van der Waals surface area contributed by atoms with E-state index >= 15 is 0 Å². The summed E-state index contributed by atoms with van der Waals surface area (Å²) in [6, 6.07) is 10.4. The van der Waals surface area contributed by atoms with Crippen molar-refractivity contribution in [3.8, 4) is 11.1 Å². The van der Waals surface area contributed by atoms with Gasteiger partial charge in [-0.05, 0) is 18.4 Å². The molecule has 0 atom stereocenters. The molecule has 0 N–H and O–H groups in total. The third kappa shape index (κ3) is 1.63. The van der Waals surface area contributed by atoms with E-state index in [-0.39, 0.29) is 0 Å². The fourth-order valence-corrected chi connectivity index (χ4v) is 3.14. The molecule has 3 heteroatoms. The summed E-state index contributed by atoms with van der Waals surface area (Å²) in [5, 5.41) is 3.36. The first-order chi connectivity index (χ1) is 8.92. The van der Waals surface area contributed by atoms with Gasteiger partial charge in [-0.2, -0.15) is 0 Å². The Labute approximate surface area is 109 Å². The standard InChI is InChI=1S/C15H12N2S/c1-2-4-10(5-3-1)13-9-18-15-12(13)8-16-14(17-15)11-6-7-11/h1-5,8-9,11H,6-7H2. The van der Waals surface area contributed by atoms with E-state index in [2.05, 4.69) is 34.6 Å². The van der Waals surface area contributed by atoms with Crippen molar-refractivity contribution in [1.82, 2.24) is 9.97 Å². The zero-order chi connectivity index (χ0) is 11.9. The highest BCUT2D eigenvalue weighted by molar-refractivity contribution is 7.17. The van der Waals surface area contributed by atoms with Crippen molar-refractivity contribution in [2.75, 3.05) is 0 Å². The number of rotatable bonds is 2. The van der Waals surface area contributed by atoms with Gasteiger partial charge in [0.1, 0.15) is 10.7 Å². The number of hydrogen-bond donors (Lipinski definition) is 0. The zero-order valence-electron chi connectivity index (χ0n) is 9.84. The molecule has 0 unspecified atom stereocenters. The molecule has 0 amide bonds. The predicted octanol–water partition coefficient (Wildman–Crippen LogP) is 4.24. The van der Waals surface area contributed by atoms with Crippen LogP contribution >= 0.6 is 11.3 Å². The van der Waals surface area contributed by atoms with Crippen molar-refractivity contribution in [1.29, 1.82) is 0 Å². The first-order valence-corrected chi connectivity index (χ1v) is 7.09. The summed E-state index contributed by atoms with van der Waals surface area (Å²) in [7, 11) is 0. The topological polar surface area (TPSA) is 25.8 Å². The van der Waals surface area contributed by atoms with E-state index in [0.29, 0.717) is 5.92 Å². The number of nitrogens with zero attached hydrogens (tertiary/aromatic N) is 2. The van der Waals surface area contributed by atoms with Crippen LogP contribution in [0.5, 0.6) is 0 Å². The average molecular weight is 252 g/mol. The molecule has 1 saturated carbocycles. The van der Waals surface area contributed by atoms with Gasteiger partial charge in [0.15, 0.2) is 0 Å². The van der Waals surface area contributed by atoms with Crippen molar-refractivity contribution in [2.45, 2.75) is 18.8 Å². The van der Waals surface area contributed by atoms with Crippen molar-refractivity contribution < 1.29 is 0 Å². The van der Waals surface area contributed by atoms with Gasteiger partial charge in [-0.15, -0.1) is 11.3 Å². The van der Waals surface area contributed by atoms with Crippen molar-refractivity contribution in [3.05, 3.63) is 47.7 Å².